The average Bonchev–Trinajstić information content (AvgIpc) is 3.62. The highest BCUT2D eigenvalue weighted by Gasteiger charge is 2.45. The summed E-state index contributed by atoms with van der Waals surface area (Å²) in [5.74, 6) is -0.610. The number of carbonyl (C=O) groups is 6. The van der Waals surface area contributed by atoms with Crippen molar-refractivity contribution in [3.8, 4) is 5.75 Å². The summed E-state index contributed by atoms with van der Waals surface area (Å²) in [6, 6.07) is 16.6. The summed E-state index contributed by atoms with van der Waals surface area (Å²) in [7, 11) is 0. The van der Waals surface area contributed by atoms with Gasteiger partial charge >= 0.3 is 0 Å². The summed E-state index contributed by atoms with van der Waals surface area (Å²) in [4.78, 5) is 87.8. The van der Waals surface area contributed by atoms with Crippen molar-refractivity contribution in [2.24, 2.45) is 23.7 Å². The van der Waals surface area contributed by atoms with E-state index in [2.05, 4.69) is 25.8 Å². The molecule has 16 heteroatoms. The molecular weight excluding hydrogens is 925 g/mol. The number of halogens is 2. The Morgan fingerprint density at radius 2 is 1.54 bits per heavy atom. The number of anilines is 2. The van der Waals surface area contributed by atoms with Crippen LogP contribution in [-0.4, -0.2) is 106 Å². The van der Waals surface area contributed by atoms with E-state index in [-0.39, 0.29) is 71.5 Å². The number of pyridine rings is 1. The number of hydrogen-bond donors (Lipinski definition) is 3. The highest BCUT2D eigenvalue weighted by Crippen LogP contribution is 2.42. The third-order valence-electron chi connectivity index (χ3n) is 16.4. The number of hydrogen-bond acceptors (Lipinski definition) is 10. The molecule has 71 heavy (non-hydrogen) atoms. The smallest absolute Gasteiger partial charge is 0.262 e. The summed E-state index contributed by atoms with van der Waals surface area (Å²) in [5.41, 5.74) is 3.90. The number of piperidine rings is 3. The van der Waals surface area contributed by atoms with Gasteiger partial charge in [-0.05, 0) is 162 Å². The molecule has 0 radical (unpaired) electrons. The lowest BCUT2D eigenvalue weighted by molar-refractivity contribution is -0.139. The Morgan fingerprint density at radius 3 is 2.28 bits per heavy atom. The molecule has 2 atom stereocenters. The predicted molar refractivity (Wildman–Crippen MR) is 268 cm³/mol. The molecule has 2 saturated carbocycles. The van der Waals surface area contributed by atoms with Crippen LogP contribution in [0.25, 0.3) is 10.9 Å². The Morgan fingerprint density at radius 1 is 0.803 bits per heavy atom. The third-order valence-corrected chi connectivity index (χ3v) is 16.7. The Bertz CT molecular complexity index is 2710. The van der Waals surface area contributed by atoms with E-state index in [4.69, 9.17) is 16.3 Å². The van der Waals surface area contributed by atoms with Crippen molar-refractivity contribution >= 4 is 69.3 Å². The van der Waals surface area contributed by atoms with Crippen LogP contribution in [0.3, 0.4) is 0 Å². The number of likely N-dealkylation sites (tertiary alicyclic amines) is 2. The van der Waals surface area contributed by atoms with E-state index in [1.54, 1.807) is 48.7 Å². The maximum atomic E-state index is 14.1. The molecule has 3 aromatic carbocycles. The normalized spacial score (nSPS) is 25.2. The third kappa shape index (κ3) is 10.7. The quantitative estimate of drug-likeness (QED) is 0.117. The zero-order chi connectivity index (χ0) is 49.3. The molecule has 4 aromatic rings. The molecule has 1 unspecified atom stereocenters. The van der Waals surface area contributed by atoms with Crippen LogP contribution < -0.4 is 20.7 Å². The molecule has 5 fully saturated rings. The summed E-state index contributed by atoms with van der Waals surface area (Å²) in [6.45, 7) is 6.09. The highest BCUT2D eigenvalue weighted by atomic mass is 35.5. The van der Waals surface area contributed by atoms with Crippen LogP contribution in [0.15, 0.2) is 66.9 Å². The fourth-order valence-electron chi connectivity index (χ4n) is 12.2. The predicted octanol–water partition coefficient (Wildman–Crippen LogP) is 8.73. The lowest BCUT2D eigenvalue weighted by atomic mass is 9.73. The molecule has 0 spiro atoms. The average molecular weight is 989 g/mol. The minimum atomic E-state index is -0.986. The van der Waals surface area contributed by atoms with E-state index >= 15 is 0 Å². The van der Waals surface area contributed by atoms with E-state index in [1.165, 1.54) is 6.07 Å². The van der Waals surface area contributed by atoms with E-state index in [9.17, 15) is 33.2 Å². The van der Waals surface area contributed by atoms with Crippen molar-refractivity contribution in [3.63, 3.8) is 0 Å². The maximum absolute atomic E-state index is 14.1. The number of fused-ring (bicyclic) bond motifs is 2. The molecule has 2 aliphatic carbocycles. The van der Waals surface area contributed by atoms with Gasteiger partial charge in [-0.3, -0.25) is 44.0 Å². The summed E-state index contributed by atoms with van der Waals surface area (Å²) < 4.78 is 20.5. The first-order valence-electron chi connectivity index (χ1n) is 25.8. The van der Waals surface area contributed by atoms with Crippen LogP contribution >= 0.6 is 11.6 Å². The van der Waals surface area contributed by atoms with Crippen molar-refractivity contribution < 1.29 is 37.9 Å². The van der Waals surface area contributed by atoms with Crippen molar-refractivity contribution in [1.29, 1.82) is 0 Å². The molecule has 3 saturated heterocycles. The minimum Gasteiger partial charge on any atom is -0.489 e. The number of benzene rings is 3. The fraction of sp³-hybridized carbons (Fsp3) is 0.509. The minimum absolute atomic E-state index is 0.0223. The van der Waals surface area contributed by atoms with Crippen molar-refractivity contribution in [2.75, 3.05) is 43.4 Å². The van der Waals surface area contributed by atoms with Gasteiger partial charge in [0.15, 0.2) is 0 Å². The molecule has 374 valence electrons. The Labute approximate surface area is 418 Å². The van der Waals surface area contributed by atoms with Gasteiger partial charge < -0.3 is 25.2 Å². The van der Waals surface area contributed by atoms with Gasteiger partial charge in [0.25, 0.3) is 11.8 Å². The SMILES string of the molecule is C[C@@H](C(=O)Nc1ccc(Cl)c(OC2CCN(C(=O)C3CCN(C[C@H]4CC[C@H](Nc5ccc6c(c5)C(=O)N(C5CCC(=O)NC5=O)C6=O)CC4)CC3)CC2)c1)[C@H]1CC[C@@H](c2ccnc3ccc(F)cc32)CC1. The second-order valence-corrected chi connectivity index (χ2v) is 21.3. The number of amides is 6. The van der Waals surface area contributed by atoms with Crippen LogP contribution in [-0.2, 0) is 19.2 Å². The van der Waals surface area contributed by atoms with Gasteiger partial charge in [-0.25, -0.2) is 4.39 Å². The zero-order valence-corrected chi connectivity index (χ0v) is 41.1. The molecule has 4 aliphatic heterocycles. The lowest BCUT2D eigenvalue weighted by Gasteiger charge is -2.39. The first-order valence-corrected chi connectivity index (χ1v) is 26.2. The Balaban J connectivity index is 0.625. The fourth-order valence-corrected chi connectivity index (χ4v) is 12.4. The number of nitrogens with one attached hydrogen (secondary N) is 3. The second-order valence-electron chi connectivity index (χ2n) is 20.9. The number of aromatic nitrogens is 1. The summed E-state index contributed by atoms with van der Waals surface area (Å²) in [6.07, 6.45) is 12.8. The highest BCUT2D eigenvalue weighted by molar-refractivity contribution is 6.32. The van der Waals surface area contributed by atoms with E-state index in [1.807, 2.05) is 24.0 Å². The van der Waals surface area contributed by atoms with Gasteiger partial charge in [0.05, 0.1) is 21.7 Å². The monoisotopic (exact) mass is 987 g/mol. The second kappa shape index (κ2) is 21.0. The van der Waals surface area contributed by atoms with Crippen molar-refractivity contribution in [3.05, 3.63) is 94.4 Å². The van der Waals surface area contributed by atoms with Crippen molar-refractivity contribution in [2.45, 2.75) is 121 Å². The standard InChI is InChI=1S/C55H63ClFN7O7/c1-32(34-4-6-35(7-5-34)42-18-23-58-47-15-8-37(57)28-44(42)47)51(66)60-40-12-14-46(56)49(30-40)71-41-21-26-63(27-22-41)53(68)36-19-24-62(25-20-36)31-33-2-9-38(10-3-33)59-39-11-13-43-45(29-39)55(70)64(54(43)69)48-16-17-50(65)61-52(48)67/h8,11-15,18,23,28-30,32-36,38,41,48,59H,2-7,9-10,16-17,19-22,24-27,31H2,1H3,(H,60,66)(H,61,65,67)/t32-,33-,34-,35+,38-,48?/m1/s1. The van der Waals surface area contributed by atoms with E-state index < -0.39 is 29.7 Å². The molecule has 3 N–H and O–H groups in total. The molecule has 6 amide bonds. The summed E-state index contributed by atoms with van der Waals surface area (Å²) in [5, 5.41) is 10.3. The van der Waals surface area contributed by atoms with E-state index in [0.717, 1.165) is 111 Å². The topological polar surface area (TPSA) is 170 Å². The summed E-state index contributed by atoms with van der Waals surface area (Å²) >= 11 is 6.62. The van der Waals surface area contributed by atoms with Gasteiger partial charge in [0, 0.05) is 85.8 Å². The maximum Gasteiger partial charge on any atom is 0.262 e. The number of ether oxygens (including phenoxy) is 1. The molecule has 5 heterocycles. The van der Waals surface area contributed by atoms with Crippen LogP contribution in [0.2, 0.25) is 5.02 Å². The molecule has 6 aliphatic rings. The van der Waals surface area contributed by atoms with Gasteiger partial charge in [0.2, 0.25) is 23.6 Å². The molecule has 1 aromatic heterocycles. The number of rotatable bonds is 12. The molecule has 10 rings (SSSR count). The first-order chi connectivity index (χ1) is 34.3. The first kappa shape index (κ1) is 48.7. The van der Waals surface area contributed by atoms with Gasteiger partial charge in [-0.1, -0.05) is 18.5 Å². The van der Waals surface area contributed by atoms with Gasteiger partial charge in [-0.2, -0.15) is 0 Å². The largest absolute Gasteiger partial charge is 0.489 e. The number of imide groups is 2. The molecule has 0 bridgehead atoms. The van der Waals surface area contributed by atoms with Crippen LogP contribution in [0, 0.1) is 29.5 Å². The Hall–Kier alpha value is -5.93. The molecule has 14 nitrogen and oxygen atoms in total. The van der Waals surface area contributed by atoms with E-state index in [0.29, 0.717) is 54.2 Å². The number of carbonyl (C=O) groups excluding carboxylic acids is 6. The number of nitrogens with zero attached hydrogens (tertiary/aromatic N) is 4. The van der Waals surface area contributed by atoms with Crippen LogP contribution in [0.1, 0.15) is 129 Å². The van der Waals surface area contributed by atoms with Crippen LogP contribution in [0.5, 0.6) is 5.75 Å². The van der Waals surface area contributed by atoms with Crippen molar-refractivity contribution in [1.82, 2.24) is 25.0 Å². The zero-order valence-electron chi connectivity index (χ0n) is 40.3. The van der Waals surface area contributed by atoms with Gasteiger partial charge in [0.1, 0.15) is 23.7 Å². The van der Waals surface area contributed by atoms with Gasteiger partial charge in [-0.15, -0.1) is 0 Å². The van der Waals surface area contributed by atoms with Crippen LogP contribution in [0.4, 0.5) is 15.8 Å². The Kier molecular flexibility index (Phi) is 14.4. The molecular formula is C55H63ClFN7O7. The lowest BCUT2D eigenvalue weighted by Crippen LogP contribution is -2.54.